The van der Waals surface area contributed by atoms with Gasteiger partial charge in [-0.2, -0.15) is 0 Å². The normalized spacial score (nSPS) is 18.4. The van der Waals surface area contributed by atoms with E-state index in [2.05, 4.69) is 53.5 Å². The highest BCUT2D eigenvalue weighted by Crippen LogP contribution is 2.34. The molecule has 1 aliphatic carbocycles. The molecule has 0 radical (unpaired) electrons. The van der Waals surface area contributed by atoms with Gasteiger partial charge in [0.25, 0.3) is 0 Å². The molecule has 6 heteroatoms. The molecule has 0 bridgehead atoms. The summed E-state index contributed by atoms with van der Waals surface area (Å²) in [6.07, 6.45) is 2.28. The summed E-state index contributed by atoms with van der Waals surface area (Å²) in [5, 5.41) is 6.05. The van der Waals surface area contributed by atoms with E-state index in [0.717, 1.165) is 23.1 Å². The molecule has 0 aromatic heterocycles. The van der Waals surface area contributed by atoms with Crippen LogP contribution >= 0.6 is 0 Å². The van der Waals surface area contributed by atoms with Gasteiger partial charge in [0.15, 0.2) is 0 Å². The lowest BCUT2D eigenvalue weighted by Gasteiger charge is -2.26. The van der Waals surface area contributed by atoms with Crippen LogP contribution in [0, 0.1) is 18.8 Å². The molecule has 0 saturated heterocycles. The smallest absolute Gasteiger partial charge is 0.307 e. The van der Waals surface area contributed by atoms with Crippen molar-refractivity contribution in [3.63, 3.8) is 0 Å². The first-order valence-corrected chi connectivity index (χ1v) is 12.1. The minimum atomic E-state index is -0.390. The molecule has 0 aliphatic heterocycles. The molecule has 2 N–H and O–H groups in total. The molecule has 1 saturated carbocycles. The summed E-state index contributed by atoms with van der Waals surface area (Å²) in [4.78, 5) is 37.6. The van der Waals surface area contributed by atoms with Crippen LogP contribution in [0.5, 0.6) is 0 Å². The van der Waals surface area contributed by atoms with Gasteiger partial charge < -0.3 is 15.4 Å². The minimum absolute atomic E-state index is 0.105. The number of rotatable bonds is 9. The van der Waals surface area contributed by atoms with Gasteiger partial charge in [-0.05, 0) is 47.9 Å². The first-order chi connectivity index (χ1) is 16.3. The van der Waals surface area contributed by atoms with Crippen molar-refractivity contribution in [3.8, 4) is 0 Å². The number of nitrogens with one attached hydrogen (secondary N) is 2. The van der Waals surface area contributed by atoms with Gasteiger partial charge in [-0.1, -0.05) is 68.8 Å². The van der Waals surface area contributed by atoms with Crippen LogP contribution in [-0.2, 0) is 19.1 Å². The van der Waals surface area contributed by atoms with E-state index in [9.17, 15) is 14.4 Å². The van der Waals surface area contributed by atoms with Crippen LogP contribution in [0.4, 0.5) is 0 Å². The number of esters is 1. The van der Waals surface area contributed by atoms with Crippen LogP contribution in [0.15, 0.2) is 48.5 Å². The summed E-state index contributed by atoms with van der Waals surface area (Å²) in [5.74, 6) is -0.997. The maximum absolute atomic E-state index is 13.5. The molecule has 6 nitrogen and oxygen atoms in total. The molecule has 0 heterocycles. The minimum Gasteiger partial charge on any atom is -0.469 e. The van der Waals surface area contributed by atoms with E-state index in [-0.39, 0.29) is 42.7 Å². The van der Waals surface area contributed by atoms with E-state index in [0.29, 0.717) is 18.8 Å². The predicted molar refractivity (Wildman–Crippen MR) is 132 cm³/mol. The number of aryl methyl sites for hydroxylation is 1. The van der Waals surface area contributed by atoms with Crippen molar-refractivity contribution in [2.24, 2.45) is 11.8 Å². The first kappa shape index (κ1) is 25.5. The van der Waals surface area contributed by atoms with Gasteiger partial charge in [0.1, 0.15) is 0 Å². The molecule has 2 amide bonds. The summed E-state index contributed by atoms with van der Waals surface area (Å²) in [6, 6.07) is 16.2. The summed E-state index contributed by atoms with van der Waals surface area (Å²) in [5.41, 5.74) is 4.41. The highest BCUT2D eigenvalue weighted by atomic mass is 16.5. The summed E-state index contributed by atoms with van der Waals surface area (Å²) in [7, 11) is 1.32. The Morgan fingerprint density at radius 3 is 2.18 bits per heavy atom. The fraction of sp³-hybridized carbons (Fsp3) is 0.464. The fourth-order valence-corrected chi connectivity index (χ4v) is 4.68. The molecule has 1 fully saturated rings. The highest BCUT2D eigenvalue weighted by molar-refractivity contribution is 5.88. The highest BCUT2D eigenvalue weighted by Gasteiger charge is 2.38. The second-order valence-corrected chi connectivity index (χ2v) is 9.38. The Hall–Kier alpha value is -3.15. The SMILES string of the molecule is COC(=O)CCNC(=O)C1CCCC1C(=O)NC(c1ccc(C(C)C)cc1)c1ccccc1C. The van der Waals surface area contributed by atoms with Crippen LogP contribution in [-0.4, -0.2) is 31.4 Å². The standard InChI is InChI=1S/C28H36N2O4/c1-18(2)20-12-14-21(15-13-20)26(22-9-6-5-8-19(22)3)30-28(33)24-11-7-10-23(24)27(32)29-17-16-25(31)34-4/h5-6,8-9,12-15,18,23-24,26H,7,10-11,16-17H2,1-4H3,(H,29,32)(H,30,33). The Morgan fingerprint density at radius 1 is 0.941 bits per heavy atom. The molecule has 182 valence electrons. The molecule has 0 spiro atoms. The van der Waals surface area contributed by atoms with Gasteiger partial charge in [-0.3, -0.25) is 14.4 Å². The molecular weight excluding hydrogens is 428 g/mol. The molecule has 3 unspecified atom stereocenters. The third-order valence-corrected chi connectivity index (χ3v) is 6.77. The lowest BCUT2D eigenvalue weighted by Crippen LogP contribution is -2.41. The van der Waals surface area contributed by atoms with E-state index in [4.69, 9.17) is 0 Å². The van der Waals surface area contributed by atoms with Crippen LogP contribution in [0.25, 0.3) is 0 Å². The molecule has 2 aromatic carbocycles. The average molecular weight is 465 g/mol. The number of amides is 2. The van der Waals surface area contributed by atoms with Gasteiger partial charge in [0.2, 0.25) is 11.8 Å². The van der Waals surface area contributed by atoms with Crippen molar-refractivity contribution < 1.29 is 19.1 Å². The lowest BCUT2D eigenvalue weighted by atomic mass is 9.90. The number of ether oxygens (including phenoxy) is 1. The second kappa shape index (κ2) is 11.8. The topological polar surface area (TPSA) is 84.5 Å². The van der Waals surface area contributed by atoms with Crippen molar-refractivity contribution in [2.75, 3.05) is 13.7 Å². The third-order valence-electron chi connectivity index (χ3n) is 6.77. The fourth-order valence-electron chi connectivity index (χ4n) is 4.68. The van der Waals surface area contributed by atoms with Crippen LogP contribution < -0.4 is 10.6 Å². The zero-order valence-corrected chi connectivity index (χ0v) is 20.6. The van der Waals surface area contributed by atoms with Gasteiger partial charge >= 0.3 is 5.97 Å². The van der Waals surface area contributed by atoms with Gasteiger partial charge in [0, 0.05) is 18.4 Å². The predicted octanol–water partition coefficient (Wildman–Crippen LogP) is 4.42. The average Bonchev–Trinajstić information content (AvgIpc) is 3.33. The first-order valence-electron chi connectivity index (χ1n) is 12.1. The van der Waals surface area contributed by atoms with Crippen LogP contribution in [0.2, 0.25) is 0 Å². The van der Waals surface area contributed by atoms with E-state index in [1.165, 1.54) is 12.7 Å². The molecule has 34 heavy (non-hydrogen) atoms. The molecule has 1 aliphatic rings. The number of hydrogen-bond donors (Lipinski definition) is 2. The van der Waals surface area contributed by atoms with Crippen LogP contribution in [0.1, 0.15) is 73.7 Å². The maximum atomic E-state index is 13.5. The van der Waals surface area contributed by atoms with E-state index in [1.54, 1.807) is 0 Å². The largest absolute Gasteiger partial charge is 0.469 e. The number of hydrogen-bond acceptors (Lipinski definition) is 4. The quantitative estimate of drug-likeness (QED) is 0.538. The van der Waals surface area contributed by atoms with Gasteiger partial charge in [-0.15, -0.1) is 0 Å². The molecule has 2 aromatic rings. The van der Waals surface area contributed by atoms with Crippen molar-refractivity contribution in [2.45, 2.75) is 58.4 Å². The van der Waals surface area contributed by atoms with Crippen molar-refractivity contribution in [1.29, 1.82) is 0 Å². The molecule has 3 rings (SSSR count). The van der Waals surface area contributed by atoms with E-state index >= 15 is 0 Å². The Balaban J connectivity index is 1.77. The van der Waals surface area contributed by atoms with Gasteiger partial charge in [-0.25, -0.2) is 0 Å². The lowest BCUT2D eigenvalue weighted by molar-refractivity contribution is -0.140. The molecular formula is C28H36N2O4. The Kier molecular flexibility index (Phi) is 8.85. The zero-order chi connectivity index (χ0) is 24.7. The number of carbonyl (C=O) groups is 3. The third kappa shape index (κ3) is 6.25. The number of methoxy groups -OCH3 is 1. The van der Waals surface area contributed by atoms with Crippen molar-refractivity contribution in [1.82, 2.24) is 10.6 Å². The monoisotopic (exact) mass is 464 g/mol. The zero-order valence-electron chi connectivity index (χ0n) is 20.6. The van der Waals surface area contributed by atoms with Crippen molar-refractivity contribution in [3.05, 3.63) is 70.8 Å². The molecule has 3 atom stereocenters. The maximum Gasteiger partial charge on any atom is 0.307 e. The van der Waals surface area contributed by atoms with Crippen LogP contribution in [0.3, 0.4) is 0 Å². The number of carbonyl (C=O) groups excluding carboxylic acids is 3. The van der Waals surface area contributed by atoms with Crippen molar-refractivity contribution >= 4 is 17.8 Å². The van der Waals surface area contributed by atoms with E-state index < -0.39 is 5.92 Å². The summed E-state index contributed by atoms with van der Waals surface area (Å²) >= 11 is 0. The van der Waals surface area contributed by atoms with Gasteiger partial charge in [0.05, 0.1) is 19.6 Å². The summed E-state index contributed by atoms with van der Waals surface area (Å²) in [6.45, 7) is 6.58. The second-order valence-electron chi connectivity index (χ2n) is 9.38. The summed E-state index contributed by atoms with van der Waals surface area (Å²) < 4.78 is 4.62. The Morgan fingerprint density at radius 2 is 1.56 bits per heavy atom. The Labute approximate surface area is 202 Å². The van der Waals surface area contributed by atoms with E-state index in [1.807, 2.05) is 31.2 Å². The Bertz CT molecular complexity index is 1000. The number of benzene rings is 2.